The quantitative estimate of drug-likeness (QED) is 0.825. The Kier molecular flexibility index (Phi) is 4.08. The Morgan fingerprint density at radius 3 is 2.56 bits per heavy atom. The number of pyridine rings is 1. The van der Waals surface area contributed by atoms with Crippen LogP contribution in [-0.2, 0) is 0 Å². The SMILES string of the molecule is CC1CC(C)CC(Nc2cc(C#N)cc(Cl)n2)C1. The van der Waals surface area contributed by atoms with E-state index in [0.29, 0.717) is 22.6 Å². The molecule has 1 aromatic rings. The Morgan fingerprint density at radius 1 is 1.28 bits per heavy atom. The van der Waals surface area contributed by atoms with Crippen molar-refractivity contribution in [1.82, 2.24) is 4.98 Å². The van der Waals surface area contributed by atoms with Gasteiger partial charge in [0.1, 0.15) is 11.0 Å². The lowest BCUT2D eigenvalue weighted by Gasteiger charge is -2.32. The average molecular weight is 264 g/mol. The number of halogens is 1. The highest BCUT2D eigenvalue weighted by Gasteiger charge is 2.24. The molecule has 1 N–H and O–H groups in total. The lowest BCUT2D eigenvalue weighted by atomic mass is 9.80. The van der Waals surface area contributed by atoms with Gasteiger partial charge in [-0.2, -0.15) is 5.26 Å². The molecule has 0 aliphatic heterocycles. The molecule has 2 unspecified atom stereocenters. The zero-order chi connectivity index (χ0) is 13.1. The predicted octanol–water partition coefficient (Wildman–Crippen LogP) is 3.84. The van der Waals surface area contributed by atoms with Gasteiger partial charge in [-0.3, -0.25) is 0 Å². The van der Waals surface area contributed by atoms with Gasteiger partial charge in [0.15, 0.2) is 0 Å². The van der Waals surface area contributed by atoms with E-state index in [1.54, 1.807) is 12.1 Å². The summed E-state index contributed by atoms with van der Waals surface area (Å²) >= 11 is 5.90. The van der Waals surface area contributed by atoms with Crippen LogP contribution in [0.4, 0.5) is 5.82 Å². The van der Waals surface area contributed by atoms with E-state index in [1.165, 1.54) is 6.42 Å². The largest absolute Gasteiger partial charge is 0.367 e. The van der Waals surface area contributed by atoms with Crippen LogP contribution in [0.2, 0.25) is 5.15 Å². The number of nitrogens with zero attached hydrogens (tertiary/aromatic N) is 2. The van der Waals surface area contributed by atoms with Gasteiger partial charge in [-0.15, -0.1) is 0 Å². The Morgan fingerprint density at radius 2 is 1.94 bits per heavy atom. The second-order valence-electron chi connectivity index (χ2n) is 5.43. The highest BCUT2D eigenvalue weighted by atomic mass is 35.5. The number of anilines is 1. The van der Waals surface area contributed by atoms with Gasteiger partial charge >= 0.3 is 0 Å². The van der Waals surface area contributed by atoms with E-state index in [2.05, 4.69) is 30.2 Å². The molecule has 1 aromatic heterocycles. The van der Waals surface area contributed by atoms with E-state index >= 15 is 0 Å². The smallest absolute Gasteiger partial charge is 0.132 e. The van der Waals surface area contributed by atoms with Crippen molar-refractivity contribution in [2.45, 2.75) is 39.2 Å². The second kappa shape index (κ2) is 5.58. The van der Waals surface area contributed by atoms with Crippen molar-refractivity contribution in [3.05, 3.63) is 22.8 Å². The molecule has 0 aromatic carbocycles. The monoisotopic (exact) mass is 263 g/mol. The van der Waals surface area contributed by atoms with E-state index in [-0.39, 0.29) is 0 Å². The standard InChI is InChI=1S/C14H18ClN3/c1-9-3-10(2)5-12(4-9)17-14-7-11(8-16)6-13(15)18-14/h6-7,9-10,12H,3-5H2,1-2H3,(H,17,18). The molecule has 0 saturated heterocycles. The van der Waals surface area contributed by atoms with E-state index < -0.39 is 0 Å². The predicted molar refractivity (Wildman–Crippen MR) is 73.6 cm³/mol. The first kappa shape index (κ1) is 13.2. The number of aromatic nitrogens is 1. The fourth-order valence-electron chi connectivity index (χ4n) is 2.91. The van der Waals surface area contributed by atoms with Gasteiger partial charge in [-0.25, -0.2) is 4.98 Å². The molecule has 1 saturated carbocycles. The Labute approximate surface area is 113 Å². The number of rotatable bonds is 2. The lowest BCUT2D eigenvalue weighted by molar-refractivity contribution is 0.280. The van der Waals surface area contributed by atoms with Crippen LogP contribution in [0.15, 0.2) is 12.1 Å². The van der Waals surface area contributed by atoms with Gasteiger partial charge in [0.25, 0.3) is 0 Å². The van der Waals surface area contributed by atoms with Crippen LogP contribution in [-0.4, -0.2) is 11.0 Å². The summed E-state index contributed by atoms with van der Waals surface area (Å²) in [5.41, 5.74) is 0.550. The number of nitriles is 1. The molecule has 0 radical (unpaired) electrons. The summed E-state index contributed by atoms with van der Waals surface area (Å²) in [6.07, 6.45) is 3.60. The van der Waals surface area contributed by atoms with E-state index in [9.17, 15) is 0 Å². The van der Waals surface area contributed by atoms with Crippen molar-refractivity contribution in [2.24, 2.45) is 11.8 Å². The minimum Gasteiger partial charge on any atom is -0.367 e. The fourth-order valence-corrected chi connectivity index (χ4v) is 3.12. The van der Waals surface area contributed by atoms with Crippen LogP contribution in [0.1, 0.15) is 38.7 Å². The van der Waals surface area contributed by atoms with Crippen molar-refractivity contribution >= 4 is 17.4 Å². The van der Waals surface area contributed by atoms with E-state index in [4.69, 9.17) is 16.9 Å². The first-order valence-corrected chi connectivity index (χ1v) is 6.79. The van der Waals surface area contributed by atoms with Crippen LogP contribution < -0.4 is 5.32 Å². The molecule has 4 heteroatoms. The number of hydrogen-bond donors (Lipinski definition) is 1. The highest BCUT2D eigenvalue weighted by Crippen LogP contribution is 2.30. The van der Waals surface area contributed by atoms with Crippen molar-refractivity contribution in [3.8, 4) is 6.07 Å². The fraction of sp³-hybridized carbons (Fsp3) is 0.571. The van der Waals surface area contributed by atoms with Crippen LogP contribution in [0, 0.1) is 23.2 Å². The molecule has 2 rings (SSSR count). The maximum Gasteiger partial charge on any atom is 0.132 e. The summed E-state index contributed by atoms with van der Waals surface area (Å²) in [5, 5.41) is 12.7. The van der Waals surface area contributed by atoms with Crippen LogP contribution in [0.3, 0.4) is 0 Å². The molecule has 1 aliphatic carbocycles. The van der Waals surface area contributed by atoms with Crippen molar-refractivity contribution < 1.29 is 0 Å². The second-order valence-corrected chi connectivity index (χ2v) is 5.82. The topological polar surface area (TPSA) is 48.7 Å². The average Bonchev–Trinajstić information content (AvgIpc) is 2.26. The van der Waals surface area contributed by atoms with Crippen LogP contribution in [0.25, 0.3) is 0 Å². The highest BCUT2D eigenvalue weighted by molar-refractivity contribution is 6.29. The zero-order valence-electron chi connectivity index (χ0n) is 10.8. The Hall–Kier alpha value is -1.27. The minimum atomic E-state index is 0.369. The first-order chi connectivity index (χ1) is 8.56. The zero-order valence-corrected chi connectivity index (χ0v) is 11.5. The maximum atomic E-state index is 8.91. The third-order valence-electron chi connectivity index (χ3n) is 3.45. The molecule has 0 spiro atoms. The van der Waals surface area contributed by atoms with E-state index in [0.717, 1.165) is 24.7 Å². The van der Waals surface area contributed by atoms with Gasteiger partial charge < -0.3 is 5.32 Å². The van der Waals surface area contributed by atoms with Gasteiger partial charge in [0.05, 0.1) is 11.6 Å². The molecule has 1 aliphatic rings. The van der Waals surface area contributed by atoms with Crippen molar-refractivity contribution in [3.63, 3.8) is 0 Å². The van der Waals surface area contributed by atoms with Crippen LogP contribution in [0.5, 0.6) is 0 Å². The molecule has 2 atom stereocenters. The van der Waals surface area contributed by atoms with Gasteiger partial charge in [0, 0.05) is 6.04 Å². The molecule has 1 fully saturated rings. The normalized spacial score (nSPS) is 27.6. The van der Waals surface area contributed by atoms with Crippen molar-refractivity contribution in [1.29, 1.82) is 5.26 Å². The van der Waals surface area contributed by atoms with E-state index in [1.807, 2.05) is 0 Å². The lowest BCUT2D eigenvalue weighted by Crippen LogP contribution is -2.30. The summed E-state index contributed by atoms with van der Waals surface area (Å²) in [7, 11) is 0. The molecule has 0 amide bonds. The van der Waals surface area contributed by atoms with Gasteiger partial charge in [-0.1, -0.05) is 25.4 Å². The summed E-state index contributed by atoms with van der Waals surface area (Å²) in [6.45, 7) is 4.58. The summed E-state index contributed by atoms with van der Waals surface area (Å²) in [5.74, 6) is 2.19. The molecular weight excluding hydrogens is 246 g/mol. The van der Waals surface area contributed by atoms with Gasteiger partial charge in [0.2, 0.25) is 0 Å². The Balaban J connectivity index is 2.09. The third kappa shape index (κ3) is 3.36. The molecule has 1 heterocycles. The summed E-state index contributed by atoms with van der Waals surface area (Å²) in [4.78, 5) is 4.23. The molecular formula is C14H18ClN3. The summed E-state index contributed by atoms with van der Waals surface area (Å²) in [6, 6.07) is 5.87. The van der Waals surface area contributed by atoms with Gasteiger partial charge in [-0.05, 0) is 43.2 Å². The number of nitrogens with one attached hydrogen (secondary N) is 1. The number of hydrogen-bond acceptors (Lipinski definition) is 3. The Bertz CT molecular complexity index is 457. The maximum absolute atomic E-state index is 8.91. The molecule has 18 heavy (non-hydrogen) atoms. The first-order valence-electron chi connectivity index (χ1n) is 6.41. The van der Waals surface area contributed by atoms with Crippen LogP contribution >= 0.6 is 11.6 Å². The third-order valence-corrected chi connectivity index (χ3v) is 3.65. The molecule has 3 nitrogen and oxygen atoms in total. The summed E-state index contributed by atoms with van der Waals surface area (Å²) < 4.78 is 0. The van der Waals surface area contributed by atoms with Crippen molar-refractivity contribution in [2.75, 3.05) is 5.32 Å². The molecule has 96 valence electrons. The molecule has 0 bridgehead atoms. The minimum absolute atomic E-state index is 0.369.